The Balaban J connectivity index is 1.93. The van der Waals surface area contributed by atoms with Crippen LogP contribution in [-0.4, -0.2) is 34.2 Å². The number of hydrogen-bond donors (Lipinski definition) is 3. The lowest BCUT2D eigenvalue weighted by Gasteiger charge is -2.36. The normalized spacial score (nSPS) is 16.4. The summed E-state index contributed by atoms with van der Waals surface area (Å²) in [5.41, 5.74) is 2.55. The van der Waals surface area contributed by atoms with Crippen LogP contribution in [0.25, 0.3) is 0 Å². The molecule has 4 N–H and O–H groups in total. The summed E-state index contributed by atoms with van der Waals surface area (Å²) < 4.78 is 0. The van der Waals surface area contributed by atoms with Gasteiger partial charge in [0, 0.05) is 30.2 Å². The number of hydrogen-bond acceptors (Lipinski definition) is 6. The molecule has 0 spiro atoms. The number of anilines is 1. The molecule has 6 heteroatoms. The van der Waals surface area contributed by atoms with Crippen LogP contribution in [0, 0.1) is 0 Å². The topological polar surface area (TPSA) is 74.4 Å². The van der Waals surface area contributed by atoms with E-state index in [4.69, 9.17) is 10.9 Å². The van der Waals surface area contributed by atoms with Crippen LogP contribution >= 0.6 is 11.3 Å². The maximum Gasteiger partial charge on any atom is 0.197 e. The van der Waals surface area contributed by atoms with E-state index in [1.807, 2.05) is 6.20 Å². The molecule has 1 aromatic heterocycles. The molecule has 0 amide bonds. The summed E-state index contributed by atoms with van der Waals surface area (Å²) in [6.07, 6.45) is 5.66. The van der Waals surface area contributed by atoms with Gasteiger partial charge in [-0.2, -0.15) is 0 Å². The largest absolute Gasteiger partial charge is 0.395 e. The van der Waals surface area contributed by atoms with E-state index < -0.39 is 0 Å². The van der Waals surface area contributed by atoms with Crippen LogP contribution in [0.2, 0.25) is 0 Å². The Bertz CT molecular complexity index is 326. The van der Waals surface area contributed by atoms with Crippen molar-refractivity contribution in [3.05, 3.63) is 11.1 Å². The Kier molecular flexibility index (Phi) is 4.11. The molecule has 16 heavy (non-hydrogen) atoms. The second-order valence-corrected chi connectivity index (χ2v) is 5.17. The third kappa shape index (κ3) is 2.70. The van der Waals surface area contributed by atoms with Crippen LogP contribution < -0.4 is 11.3 Å². The zero-order chi connectivity index (χ0) is 11.4. The van der Waals surface area contributed by atoms with Crippen molar-refractivity contribution in [1.82, 2.24) is 9.88 Å². The minimum atomic E-state index is 0.220. The van der Waals surface area contributed by atoms with Gasteiger partial charge in [0.1, 0.15) is 0 Å². The fourth-order valence-electron chi connectivity index (χ4n) is 1.92. The summed E-state index contributed by atoms with van der Waals surface area (Å²) in [4.78, 5) is 7.66. The van der Waals surface area contributed by atoms with Gasteiger partial charge in [-0.3, -0.25) is 10.3 Å². The van der Waals surface area contributed by atoms with Crippen molar-refractivity contribution in [3.8, 4) is 0 Å². The van der Waals surface area contributed by atoms with Gasteiger partial charge in [0.05, 0.1) is 6.61 Å². The van der Waals surface area contributed by atoms with E-state index in [0.29, 0.717) is 6.04 Å². The average Bonchev–Trinajstić information content (AvgIpc) is 2.63. The van der Waals surface area contributed by atoms with Crippen LogP contribution in [0.4, 0.5) is 5.13 Å². The van der Waals surface area contributed by atoms with Gasteiger partial charge in [-0.1, -0.05) is 17.8 Å². The summed E-state index contributed by atoms with van der Waals surface area (Å²) in [5.74, 6) is 5.29. The van der Waals surface area contributed by atoms with E-state index in [9.17, 15) is 0 Å². The number of aliphatic hydroxyl groups excluding tert-OH is 1. The maximum atomic E-state index is 9.05. The van der Waals surface area contributed by atoms with Crippen molar-refractivity contribution in [1.29, 1.82) is 0 Å². The highest BCUT2D eigenvalue weighted by Crippen LogP contribution is 2.27. The van der Waals surface area contributed by atoms with E-state index in [1.54, 1.807) is 11.3 Å². The molecule has 1 aliphatic rings. The molecule has 1 saturated carbocycles. The van der Waals surface area contributed by atoms with Crippen molar-refractivity contribution in [3.63, 3.8) is 0 Å². The summed E-state index contributed by atoms with van der Waals surface area (Å²) in [5, 5.41) is 9.79. The van der Waals surface area contributed by atoms with Gasteiger partial charge < -0.3 is 5.11 Å². The van der Waals surface area contributed by atoms with Gasteiger partial charge in [-0.25, -0.2) is 10.8 Å². The standard InChI is InChI=1S/C10H18N4OS/c11-13-10-12-6-9(16-10)7-14(4-5-15)8-2-1-3-8/h6,8,15H,1-5,7,11H2,(H,12,13). The molecular formula is C10H18N4OS. The van der Waals surface area contributed by atoms with Crippen LogP contribution in [0.3, 0.4) is 0 Å². The predicted octanol–water partition coefficient (Wildman–Crippen LogP) is 0.775. The van der Waals surface area contributed by atoms with Crippen LogP contribution in [-0.2, 0) is 6.54 Å². The number of hydrazine groups is 1. The summed E-state index contributed by atoms with van der Waals surface area (Å²) in [6, 6.07) is 0.642. The first-order valence-electron chi connectivity index (χ1n) is 5.59. The van der Waals surface area contributed by atoms with E-state index in [1.165, 1.54) is 24.1 Å². The fourth-order valence-corrected chi connectivity index (χ4v) is 2.67. The quantitative estimate of drug-likeness (QED) is 0.507. The molecular weight excluding hydrogens is 224 g/mol. The Morgan fingerprint density at radius 3 is 2.94 bits per heavy atom. The highest BCUT2D eigenvalue weighted by atomic mass is 32.1. The molecule has 0 bridgehead atoms. The second-order valence-electron chi connectivity index (χ2n) is 4.05. The molecule has 1 aromatic rings. The number of nitrogens with one attached hydrogen (secondary N) is 1. The number of nitrogens with two attached hydrogens (primary N) is 1. The minimum Gasteiger partial charge on any atom is -0.395 e. The first-order chi connectivity index (χ1) is 7.83. The molecule has 1 fully saturated rings. The van der Waals surface area contributed by atoms with E-state index in [-0.39, 0.29) is 6.61 Å². The number of aliphatic hydroxyl groups is 1. The third-order valence-electron chi connectivity index (χ3n) is 3.01. The van der Waals surface area contributed by atoms with Crippen LogP contribution in [0.5, 0.6) is 0 Å². The number of nitrogen functional groups attached to an aromatic ring is 1. The Labute approximate surface area is 99.3 Å². The number of aromatic nitrogens is 1. The van der Waals surface area contributed by atoms with Crippen molar-refractivity contribution in [2.24, 2.45) is 5.84 Å². The Hall–Kier alpha value is -0.690. The van der Waals surface area contributed by atoms with Gasteiger partial charge >= 0.3 is 0 Å². The Morgan fingerprint density at radius 2 is 2.44 bits per heavy atom. The summed E-state index contributed by atoms with van der Waals surface area (Å²) in [6.45, 7) is 1.83. The third-order valence-corrected chi connectivity index (χ3v) is 3.93. The summed E-state index contributed by atoms with van der Waals surface area (Å²) in [7, 11) is 0. The molecule has 5 nitrogen and oxygen atoms in total. The minimum absolute atomic E-state index is 0.220. The zero-order valence-electron chi connectivity index (χ0n) is 9.22. The van der Waals surface area contributed by atoms with Gasteiger partial charge in [0.15, 0.2) is 5.13 Å². The first kappa shape index (κ1) is 11.8. The average molecular weight is 242 g/mol. The molecule has 0 atom stereocenters. The molecule has 90 valence electrons. The summed E-state index contributed by atoms with van der Waals surface area (Å²) >= 11 is 1.57. The van der Waals surface area contributed by atoms with Gasteiger partial charge in [0.2, 0.25) is 0 Å². The van der Waals surface area contributed by atoms with Crippen molar-refractivity contribution < 1.29 is 5.11 Å². The number of rotatable bonds is 6. The van der Waals surface area contributed by atoms with Crippen LogP contribution in [0.1, 0.15) is 24.1 Å². The molecule has 0 unspecified atom stereocenters. The second kappa shape index (κ2) is 5.58. The highest BCUT2D eigenvalue weighted by Gasteiger charge is 2.24. The lowest BCUT2D eigenvalue weighted by atomic mass is 9.91. The van der Waals surface area contributed by atoms with Gasteiger partial charge in [-0.05, 0) is 12.8 Å². The molecule has 0 radical (unpaired) electrons. The molecule has 0 aliphatic heterocycles. The fraction of sp³-hybridized carbons (Fsp3) is 0.700. The van der Waals surface area contributed by atoms with Crippen molar-refractivity contribution in [2.75, 3.05) is 18.6 Å². The highest BCUT2D eigenvalue weighted by molar-refractivity contribution is 7.15. The Morgan fingerprint density at radius 1 is 1.62 bits per heavy atom. The van der Waals surface area contributed by atoms with E-state index in [2.05, 4.69) is 15.3 Å². The SMILES string of the molecule is NNc1ncc(CN(CCO)C2CCC2)s1. The lowest BCUT2D eigenvalue weighted by Crippen LogP contribution is -2.41. The molecule has 2 rings (SSSR count). The number of thiazole rings is 1. The van der Waals surface area contributed by atoms with E-state index in [0.717, 1.165) is 18.2 Å². The monoisotopic (exact) mass is 242 g/mol. The first-order valence-corrected chi connectivity index (χ1v) is 6.41. The molecule has 1 aliphatic carbocycles. The lowest BCUT2D eigenvalue weighted by molar-refractivity contribution is 0.0955. The molecule has 0 saturated heterocycles. The van der Waals surface area contributed by atoms with Crippen LogP contribution in [0.15, 0.2) is 6.20 Å². The van der Waals surface area contributed by atoms with Gasteiger partial charge in [0.25, 0.3) is 0 Å². The molecule has 0 aromatic carbocycles. The number of nitrogens with zero attached hydrogens (tertiary/aromatic N) is 2. The smallest absolute Gasteiger partial charge is 0.197 e. The van der Waals surface area contributed by atoms with Crippen molar-refractivity contribution in [2.45, 2.75) is 31.8 Å². The zero-order valence-corrected chi connectivity index (χ0v) is 10.0. The van der Waals surface area contributed by atoms with Gasteiger partial charge in [-0.15, -0.1) is 0 Å². The maximum absolute atomic E-state index is 9.05. The predicted molar refractivity (Wildman–Crippen MR) is 65.1 cm³/mol. The van der Waals surface area contributed by atoms with Crippen molar-refractivity contribution >= 4 is 16.5 Å². The van der Waals surface area contributed by atoms with E-state index >= 15 is 0 Å². The molecule has 1 heterocycles.